The molecule has 0 atom stereocenters. The van der Waals surface area contributed by atoms with Gasteiger partial charge in [0.05, 0.1) is 0 Å². The van der Waals surface area contributed by atoms with E-state index in [1.54, 1.807) is 0 Å². The van der Waals surface area contributed by atoms with Crippen LogP contribution >= 0.6 is 12.2 Å². The lowest BCUT2D eigenvalue weighted by Gasteiger charge is -2.32. The SMILES string of the molecule is CNC(=S)NCC(C)(C)CC(C)(C)C. The third kappa shape index (κ3) is 7.13. The summed E-state index contributed by atoms with van der Waals surface area (Å²) in [6.45, 7) is 12.3. The highest BCUT2D eigenvalue weighted by molar-refractivity contribution is 7.80. The third-order valence-corrected chi connectivity index (χ3v) is 2.31. The van der Waals surface area contributed by atoms with E-state index in [1.807, 2.05) is 7.05 Å². The summed E-state index contributed by atoms with van der Waals surface area (Å²) in [6, 6.07) is 0. The van der Waals surface area contributed by atoms with Crippen LogP contribution in [0.2, 0.25) is 0 Å². The summed E-state index contributed by atoms with van der Waals surface area (Å²) in [7, 11) is 1.84. The van der Waals surface area contributed by atoms with Crippen LogP contribution in [0.15, 0.2) is 0 Å². The molecule has 0 amide bonds. The molecule has 14 heavy (non-hydrogen) atoms. The predicted molar refractivity (Wildman–Crippen MR) is 67.5 cm³/mol. The zero-order valence-electron chi connectivity index (χ0n) is 10.3. The molecule has 3 heteroatoms. The van der Waals surface area contributed by atoms with E-state index < -0.39 is 0 Å². The molecular formula is C11H24N2S. The zero-order chi connectivity index (χ0) is 11.4. The minimum atomic E-state index is 0.277. The van der Waals surface area contributed by atoms with Gasteiger partial charge in [0.15, 0.2) is 5.11 Å². The Kier molecular flexibility index (Phi) is 4.85. The van der Waals surface area contributed by atoms with E-state index in [1.165, 1.54) is 6.42 Å². The zero-order valence-corrected chi connectivity index (χ0v) is 11.1. The molecule has 0 unspecified atom stereocenters. The Morgan fingerprint density at radius 3 is 2.00 bits per heavy atom. The molecular weight excluding hydrogens is 192 g/mol. The van der Waals surface area contributed by atoms with Gasteiger partial charge < -0.3 is 10.6 Å². The van der Waals surface area contributed by atoms with Crippen LogP contribution in [-0.2, 0) is 0 Å². The molecule has 0 saturated carbocycles. The second-order valence-electron chi connectivity index (χ2n) is 5.83. The van der Waals surface area contributed by atoms with E-state index in [-0.39, 0.29) is 5.41 Å². The molecule has 0 aromatic carbocycles. The molecule has 0 aliphatic heterocycles. The summed E-state index contributed by atoms with van der Waals surface area (Å²) < 4.78 is 0. The lowest BCUT2D eigenvalue weighted by atomic mass is 9.76. The van der Waals surface area contributed by atoms with Gasteiger partial charge in [-0.2, -0.15) is 0 Å². The van der Waals surface area contributed by atoms with Crippen LogP contribution in [0.4, 0.5) is 0 Å². The monoisotopic (exact) mass is 216 g/mol. The Morgan fingerprint density at radius 1 is 1.14 bits per heavy atom. The van der Waals surface area contributed by atoms with Gasteiger partial charge in [0, 0.05) is 13.6 Å². The molecule has 0 bridgehead atoms. The Balaban J connectivity index is 4.01. The second-order valence-corrected chi connectivity index (χ2v) is 6.24. The highest BCUT2D eigenvalue weighted by atomic mass is 32.1. The van der Waals surface area contributed by atoms with Gasteiger partial charge in [0.1, 0.15) is 0 Å². The van der Waals surface area contributed by atoms with E-state index in [0.717, 1.165) is 11.7 Å². The van der Waals surface area contributed by atoms with Crippen molar-refractivity contribution in [3.63, 3.8) is 0 Å². The average Bonchev–Trinajstić information content (AvgIpc) is 1.96. The summed E-state index contributed by atoms with van der Waals surface area (Å²) in [6.07, 6.45) is 1.18. The van der Waals surface area contributed by atoms with Crippen molar-refractivity contribution in [1.82, 2.24) is 10.6 Å². The maximum Gasteiger partial charge on any atom is 0.166 e. The van der Waals surface area contributed by atoms with Crippen molar-refractivity contribution in [3.8, 4) is 0 Å². The van der Waals surface area contributed by atoms with Gasteiger partial charge in [-0.1, -0.05) is 34.6 Å². The first-order valence-electron chi connectivity index (χ1n) is 5.12. The van der Waals surface area contributed by atoms with Crippen molar-refractivity contribution in [1.29, 1.82) is 0 Å². The fourth-order valence-electron chi connectivity index (χ4n) is 1.91. The first-order valence-corrected chi connectivity index (χ1v) is 5.53. The summed E-state index contributed by atoms with van der Waals surface area (Å²) in [4.78, 5) is 0. The first kappa shape index (κ1) is 13.7. The average molecular weight is 216 g/mol. The minimum absolute atomic E-state index is 0.277. The summed E-state index contributed by atoms with van der Waals surface area (Å²) >= 11 is 5.04. The van der Waals surface area contributed by atoms with Crippen LogP contribution < -0.4 is 10.6 Å². The Bertz CT molecular complexity index is 192. The smallest absolute Gasteiger partial charge is 0.166 e. The molecule has 84 valence electrons. The van der Waals surface area contributed by atoms with E-state index in [9.17, 15) is 0 Å². The lowest BCUT2D eigenvalue weighted by Crippen LogP contribution is -2.40. The molecule has 0 aliphatic rings. The van der Waals surface area contributed by atoms with Crippen molar-refractivity contribution in [3.05, 3.63) is 0 Å². The quantitative estimate of drug-likeness (QED) is 0.709. The van der Waals surface area contributed by atoms with E-state index >= 15 is 0 Å². The van der Waals surface area contributed by atoms with Crippen LogP contribution in [0.3, 0.4) is 0 Å². The Labute approximate surface area is 93.8 Å². The highest BCUT2D eigenvalue weighted by Gasteiger charge is 2.25. The molecule has 0 spiro atoms. The molecule has 2 nitrogen and oxygen atoms in total. The van der Waals surface area contributed by atoms with E-state index in [0.29, 0.717) is 5.41 Å². The van der Waals surface area contributed by atoms with Crippen molar-refractivity contribution in [2.75, 3.05) is 13.6 Å². The minimum Gasteiger partial charge on any atom is -0.366 e. The topological polar surface area (TPSA) is 24.1 Å². The fourth-order valence-corrected chi connectivity index (χ4v) is 1.98. The molecule has 0 fully saturated rings. The highest BCUT2D eigenvalue weighted by Crippen LogP contribution is 2.32. The number of hydrogen-bond donors (Lipinski definition) is 2. The molecule has 2 N–H and O–H groups in total. The van der Waals surface area contributed by atoms with Crippen LogP contribution in [0.1, 0.15) is 41.0 Å². The van der Waals surface area contributed by atoms with E-state index in [2.05, 4.69) is 45.3 Å². The first-order chi connectivity index (χ1) is 6.16. The van der Waals surface area contributed by atoms with Crippen molar-refractivity contribution in [2.24, 2.45) is 10.8 Å². The van der Waals surface area contributed by atoms with Gasteiger partial charge in [-0.05, 0) is 29.5 Å². The fraction of sp³-hybridized carbons (Fsp3) is 0.909. The van der Waals surface area contributed by atoms with Gasteiger partial charge >= 0.3 is 0 Å². The molecule has 0 rings (SSSR count). The van der Waals surface area contributed by atoms with Gasteiger partial charge in [-0.25, -0.2) is 0 Å². The molecule has 0 saturated heterocycles. The van der Waals surface area contributed by atoms with Crippen LogP contribution in [0, 0.1) is 10.8 Å². The summed E-state index contributed by atoms with van der Waals surface area (Å²) in [5, 5.41) is 6.86. The second kappa shape index (κ2) is 4.96. The molecule has 0 heterocycles. The third-order valence-electron chi connectivity index (χ3n) is 1.96. The summed E-state index contributed by atoms with van der Waals surface area (Å²) in [5.74, 6) is 0. The molecule has 0 aromatic heterocycles. The van der Waals surface area contributed by atoms with Crippen molar-refractivity contribution in [2.45, 2.75) is 41.0 Å². The standard InChI is InChI=1S/C11H24N2S/c1-10(2,3)7-11(4,5)8-13-9(14)12-6/h7-8H2,1-6H3,(H2,12,13,14). The Hall–Kier alpha value is -0.310. The van der Waals surface area contributed by atoms with Gasteiger partial charge in [-0.15, -0.1) is 0 Å². The molecule has 0 aliphatic carbocycles. The lowest BCUT2D eigenvalue weighted by molar-refractivity contribution is 0.214. The number of rotatable bonds is 3. The maximum atomic E-state index is 5.04. The van der Waals surface area contributed by atoms with Crippen LogP contribution in [0.25, 0.3) is 0 Å². The van der Waals surface area contributed by atoms with Crippen molar-refractivity contribution >= 4 is 17.3 Å². The maximum absolute atomic E-state index is 5.04. The number of thiocarbonyl (C=S) groups is 1. The van der Waals surface area contributed by atoms with Gasteiger partial charge in [0.2, 0.25) is 0 Å². The number of nitrogens with one attached hydrogen (secondary N) is 2. The van der Waals surface area contributed by atoms with Crippen LogP contribution in [-0.4, -0.2) is 18.7 Å². The normalized spacial score (nSPS) is 12.4. The largest absolute Gasteiger partial charge is 0.366 e. The van der Waals surface area contributed by atoms with Crippen LogP contribution in [0.5, 0.6) is 0 Å². The predicted octanol–water partition coefficient (Wildman–Crippen LogP) is 2.54. The van der Waals surface area contributed by atoms with Gasteiger partial charge in [0.25, 0.3) is 0 Å². The van der Waals surface area contributed by atoms with E-state index in [4.69, 9.17) is 12.2 Å². The molecule has 0 radical (unpaired) electrons. The molecule has 0 aromatic rings. The number of hydrogen-bond acceptors (Lipinski definition) is 1. The summed E-state index contributed by atoms with van der Waals surface area (Å²) in [5.41, 5.74) is 0.644. The van der Waals surface area contributed by atoms with Gasteiger partial charge in [-0.3, -0.25) is 0 Å². The van der Waals surface area contributed by atoms with Crippen molar-refractivity contribution < 1.29 is 0 Å². The Morgan fingerprint density at radius 2 is 1.64 bits per heavy atom.